The number of carbonyl (C=O) groups excluding carboxylic acids is 3. The molecular formula is C18H25N3O3. The van der Waals surface area contributed by atoms with Gasteiger partial charge < -0.3 is 10.6 Å². The molecule has 0 aromatic heterocycles. The first-order valence-corrected chi connectivity index (χ1v) is 8.28. The van der Waals surface area contributed by atoms with Gasteiger partial charge in [-0.3, -0.25) is 14.5 Å². The predicted molar refractivity (Wildman–Crippen MR) is 91.3 cm³/mol. The largest absolute Gasteiger partial charge is 0.352 e. The van der Waals surface area contributed by atoms with Crippen LogP contribution in [0, 0.1) is 6.92 Å². The van der Waals surface area contributed by atoms with E-state index in [1.807, 2.05) is 45.0 Å². The molecule has 2 rings (SSSR count). The standard InChI is InChI=1S/C18H25N3O3/c1-5-6-13(3)19-15(22)11-21-16(23)18(4,20-17(21)24)14-9-7-12(2)8-10-14/h7-10,13H,5-6,11H2,1-4H3,(H,19,22)(H,20,24)/t13-,18+/m0/s1. The minimum atomic E-state index is -1.14. The Bertz CT molecular complexity index is 641. The van der Waals surface area contributed by atoms with Crippen molar-refractivity contribution in [2.45, 2.75) is 52.1 Å². The van der Waals surface area contributed by atoms with Gasteiger partial charge in [-0.1, -0.05) is 43.2 Å². The summed E-state index contributed by atoms with van der Waals surface area (Å²) in [4.78, 5) is 38.0. The Morgan fingerprint density at radius 1 is 1.29 bits per heavy atom. The van der Waals surface area contributed by atoms with Crippen molar-refractivity contribution in [3.8, 4) is 0 Å². The number of imide groups is 1. The molecule has 130 valence electrons. The fourth-order valence-electron chi connectivity index (χ4n) is 2.89. The lowest BCUT2D eigenvalue weighted by molar-refractivity contribution is -0.135. The van der Waals surface area contributed by atoms with Crippen LogP contribution < -0.4 is 10.6 Å². The summed E-state index contributed by atoms with van der Waals surface area (Å²) in [6.45, 7) is 7.29. The van der Waals surface area contributed by atoms with Gasteiger partial charge >= 0.3 is 6.03 Å². The number of urea groups is 1. The number of nitrogens with one attached hydrogen (secondary N) is 2. The molecule has 1 aromatic carbocycles. The lowest BCUT2D eigenvalue weighted by atomic mass is 9.91. The lowest BCUT2D eigenvalue weighted by Crippen LogP contribution is -2.44. The van der Waals surface area contributed by atoms with Crippen LogP contribution in [0.3, 0.4) is 0 Å². The smallest absolute Gasteiger partial charge is 0.325 e. The van der Waals surface area contributed by atoms with Gasteiger partial charge in [-0.2, -0.15) is 0 Å². The van der Waals surface area contributed by atoms with Crippen LogP contribution >= 0.6 is 0 Å². The molecule has 0 bridgehead atoms. The van der Waals surface area contributed by atoms with Crippen molar-refractivity contribution in [1.29, 1.82) is 0 Å². The fraction of sp³-hybridized carbons (Fsp3) is 0.500. The summed E-state index contributed by atoms with van der Waals surface area (Å²) in [6, 6.07) is 6.90. The maximum Gasteiger partial charge on any atom is 0.325 e. The highest BCUT2D eigenvalue weighted by atomic mass is 16.2. The predicted octanol–water partition coefficient (Wildman–Crippen LogP) is 2.07. The topological polar surface area (TPSA) is 78.5 Å². The molecule has 2 atom stereocenters. The zero-order valence-electron chi connectivity index (χ0n) is 14.7. The van der Waals surface area contributed by atoms with Gasteiger partial charge in [-0.05, 0) is 32.8 Å². The van der Waals surface area contributed by atoms with E-state index in [-0.39, 0.29) is 18.5 Å². The van der Waals surface area contributed by atoms with E-state index in [0.29, 0.717) is 5.56 Å². The monoisotopic (exact) mass is 331 g/mol. The van der Waals surface area contributed by atoms with Crippen molar-refractivity contribution in [3.05, 3.63) is 35.4 Å². The second kappa shape index (κ2) is 7.03. The van der Waals surface area contributed by atoms with Crippen molar-refractivity contribution >= 4 is 17.8 Å². The maximum absolute atomic E-state index is 12.7. The molecule has 0 saturated carbocycles. The molecule has 2 N–H and O–H groups in total. The quantitative estimate of drug-likeness (QED) is 0.783. The van der Waals surface area contributed by atoms with E-state index in [4.69, 9.17) is 0 Å². The molecule has 1 aliphatic heterocycles. The highest BCUT2D eigenvalue weighted by Gasteiger charge is 2.49. The summed E-state index contributed by atoms with van der Waals surface area (Å²) in [5.74, 6) is -0.734. The molecule has 0 spiro atoms. The first-order valence-electron chi connectivity index (χ1n) is 8.28. The molecule has 24 heavy (non-hydrogen) atoms. The Morgan fingerprint density at radius 2 is 1.92 bits per heavy atom. The fourth-order valence-corrected chi connectivity index (χ4v) is 2.89. The minimum absolute atomic E-state index is 0.0201. The molecule has 0 unspecified atom stereocenters. The second-order valence-corrected chi connectivity index (χ2v) is 6.57. The van der Waals surface area contributed by atoms with Crippen molar-refractivity contribution in [2.75, 3.05) is 6.54 Å². The molecule has 1 fully saturated rings. The Hall–Kier alpha value is -2.37. The zero-order valence-corrected chi connectivity index (χ0v) is 14.7. The van der Waals surface area contributed by atoms with E-state index >= 15 is 0 Å². The normalized spacial score (nSPS) is 21.6. The maximum atomic E-state index is 12.7. The van der Waals surface area contributed by atoms with Crippen molar-refractivity contribution < 1.29 is 14.4 Å². The van der Waals surface area contributed by atoms with Crippen LogP contribution in [0.15, 0.2) is 24.3 Å². The van der Waals surface area contributed by atoms with Crippen LogP contribution in [0.1, 0.15) is 44.7 Å². The number of carbonyl (C=O) groups is 3. The van der Waals surface area contributed by atoms with Crippen molar-refractivity contribution in [3.63, 3.8) is 0 Å². The Kier molecular flexibility index (Phi) is 5.26. The molecule has 1 aromatic rings. The van der Waals surface area contributed by atoms with E-state index in [0.717, 1.165) is 23.3 Å². The third-order valence-corrected chi connectivity index (χ3v) is 4.33. The van der Waals surface area contributed by atoms with Gasteiger partial charge in [-0.25, -0.2) is 4.79 Å². The van der Waals surface area contributed by atoms with Gasteiger partial charge in [0.15, 0.2) is 0 Å². The minimum Gasteiger partial charge on any atom is -0.352 e. The highest BCUT2D eigenvalue weighted by molar-refractivity contribution is 6.09. The molecule has 0 radical (unpaired) electrons. The zero-order chi connectivity index (χ0) is 17.9. The number of hydrogen-bond donors (Lipinski definition) is 2. The summed E-state index contributed by atoms with van der Waals surface area (Å²) >= 11 is 0. The molecule has 1 heterocycles. The van der Waals surface area contributed by atoms with Gasteiger partial charge in [0, 0.05) is 6.04 Å². The van der Waals surface area contributed by atoms with Crippen LogP contribution in [0.25, 0.3) is 0 Å². The third-order valence-electron chi connectivity index (χ3n) is 4.33. The summed E-state index contributed by atoms with van der Waals surface area (Å²) in [5.41, 5.74) is 0.633. The summed E-state index contributed by atoms with van der Waals surface area (Å²) in [7, 11) is 0. The second-order valence-electron chi connectivity index (χ2n) is 6.57. The highest BCUT2D eigenvalue weighted by Crippen LogP contribution is 2.28. The number of nitrogens with zero attached hydrogens (tertiary/aromatic N) is 1. The van der Waals surface area contributed by atoms with Gasteiger partial charge in [-0.15, -0.1) is 0 Å². The average molecular weight is 331 g/mol. The van der Waals surface area contributed by atoms with E-state index in [1.54, 1.807) is 6.92 Å². The Morgan fingerprint density at radius 3 is 2.50 bits per heavy atom. The van der Waals surface area contributed by atoms with E-state index in [1.165, 1.54) is 0 Å². The SMILES string of the molecule is CCC[C@H](C)NC(=O)CN1C(=O)N[C@](C)(c2ccc(C)cc2)C1=O. The summed E-state index contributed by atoms with van der Waals surface area (Å²) < 4.78 is 0. The molecule has 0 aliphatic carbocycles. The van der Waals surface area contributed by atoms with E-state index in [9.17, 15) is 14.4 Å². The number of aryl methyl sites for hydroxylation is 1. The van der Waals surface area contributed by atoms with Crippen LogP contribution in [-0.4, -0.2) is 35.3 Å². The molecule has 6 nitrogen and oxygen atoms in total. The Balaban J connectivity index is 2.11. The van der Waals surface area contributed by atoms with Crippen molar-refractivity contribution in [2.24, 2.45) is 0 Å². The molecule has 1 aliphatic rings. The third kappa shape index (κ3) is 3.58. The summed E-state index contributed by atoms with van der Waals surface area (Å²) in [5, 5.41) is 5.52. The molecule has 4 amide bonds. The van der Waals surface area contributed by atoms with Crippen LogP contribution in [0.2, 0.25) is 0 Å². The number of benzene rings is 1. The number of rotatable bonds is 6. The molecule has 1 saturated heterocycles. The molecule has 6 heteroatoms. The Labute approximate surface area is 142 Å². The van der Waals surface area contributed by atoms with E-state index < -0.39 is 17.5 Å². The van der Waals surface area contributed by atoms with Crippen LogP contribution in [0.4, 0.5) is 4.79 Å². The van der Waals surface area contributed by atoms with Crippen molar-refractivity contribution in [1.82, 2.24) is 15.5 Å². The van der Waals surface area contributed by atoms with Gasteiger partial charge in [0.1, 0.15) is 12.1 Å². The molecular weight excluding hydrogens is 306 g/mol. The van der Waals surface area contributed by atoms with Gasteiger partial charge in [0.05, 0.1) is 0 Å². The van der Waals surface area contributed by atoms with Gasteiger partial charge in [0.25, 0.3) is 5.91 Å². The van der Waals surface area contributed by atoms with Gasteiger partial charge in [0.2, 0.25) is 5.91 Å². The number of hydrogen-bond acceptors (Lipinski definition) is 3. The average Bonchev–Trinajstić information content (AvgIpc) is 2.72. The van der Waals surface area contributed by atoms with Crippen LogP contribution in [-0.2, 0) is 15.1 Å². The lowest BCUT2D eigenvalue weighted by Gasteiger charge is -2.22. The first kappa shape index (κ1) is 18.0. The van der Waals surface area contributed by atoms with E-state index in [2.05, 4.69) is 10.6 Å². The first-order chi connectivity index (χ1) is 11.3. The van der Waals surface area contributed by atoms with Crippen LogP contribution in [0.5, 0.6) is 0 Å². The number of amides is 4. The summed E-state index contributed by atoms with van der Waals surface area (Å²) in [6.07, 6.45) is 1.81.